The standard InChI is InChI=1S/C14H21FN2O/c1-10(16)12-4-3-5-13(15)14(12)18-11-6-8-17(2)9-7-11/h3-5,10-11H,6-9,16H2,1-2H3/t10-/m0/s1. The van der Waals surface area contributed by atoms with Crippen LogP contribution in [0.5, 0.6) is 5.75 Å². The van der Waals surface area contributed by atoms with E-state index in [2.05, 4.69) is 11.9 Å². The highest BCUT2D eigenvalue weighted by molar-refractivity contribution is 5.37. The molecule has 0 bridgehead atoms. The van der Waals surface area contributed by atoms with Crippen LogP contribution in [0.3, 0.4) is 0 Å². The summed E-state index contributed by atoms with van der Waals surface area (Å²) >= 11 is 0. The normalized spacial score (nSPS) is 19.8. The number of likely N-dealkylation sites (tertiary alicyclic amines) is 1. The first kappa shape index (κ1) is 13.3. The third-order valence-corrected chi connectivity index (χ3v) is 3.44. The van der Waals surface area contributed by atoms with Gasteiger partial charge in [-0.2, -0.15) is 0 Å². The van der Waals surface area contributed by atoms with E-state index in [1.807, 2.05) is 13.0 Å². The lowest BCUT2D eigenvalue weighted by Crippen LogP contribution is -2.36. The van der Waals surface area contributed by atoms with E-state index < -0.39 is 0 Å². The van der Waals surface area contributed by atoms with Crippen molar-refractivity contribution in [2.75, 3.05) is 20.1 Å². The third kappa shape index (κ3) is 3.00. The van der Waals surface area contributed by atoms with E-state index in [9.17, 15) is 4.39 Å². The fraction of sp³-hybridized carbons (Fsp3) is 0.571. The molecule has 2 N–H and O–H groups in total. The van der Waals surface area contributed by atoms with Gasteiger partial charge in [-0.05, 0) is 32.9 Å². The molecule has 0 aliphatic carbocycles. The highest BCUT2D eigenvalue weighted by Crippen LogP contribution is 2.29. The molecule has 1 aliphatic heterocycles. The van der Waals surface area contributed by atoms with Crippen LogP contribution in [0.4, 0.5) is 4.39 Å². The van der Waals surface area contributed by atoms with Gasteiger partial charge in [0.25, 0.3) is 0 Å². The highest BCUT2D eigenvalue weighted by atomic mass is 19.1. The van der Waals surface area contributed by atoms with Crippen LogP contribution in [0.1, 0.15) is 31.4 Å². The van der Waals surface area contributed by atoms with Crippen molar-refractivity contribution in [3.63, 3.8) is 0 Å². The Balaban J connectivity index is 2.13. The van der Waals surface area contributed by atoms with Crippen molar-refractivity contribution in [3.8, 4) is 5.75 Å². The lowest BCUT2D eigenvalue weighted by atomic mass is 10.1. The monoisotopic (exact) mass is 252 g/mol. The Kier molecular flexibility index (Phi) is 4.19. The Labute approximate surface area is 108 Å². The number of rotatable bonds is 3. The molecule has 1 aromatic rings. The van der Waals surface area contributed by atoms with Crippen LogP contribution in [-0.2, 0) is 0 Å². The smallest absolute Gasteiger partial charge is 0.165 e. The number of halogens is 1. The third-order valence-electron chi connectivity index (χ3n) is 3.44. The van der Waals surface area contributed by atoms with Crippen LogP contribution >= 0.6 is 0 Å². The molecule has 0 aromatic heterocycles. The molecule has 0 saturated carbocycles. The van der Waals surface area contributed by atoms with Gasteiger partial charge in [-0.15, -0.1) is 0 Å². The van der Waals surface area contributed by atoms with E-state index in [1.54, 1.807) is 6.07 Å². The van der Waals surface area contributed by atoms with Gasteiger partial charge in [-0.3, -0.25) is 0 Å². The van der Waals surface area contributed by atoms with Gasteiger partial charge < -0.3 is 15.4 Å². The largest absolute Gasteiger partial charge is 0.487 e. The second-order valence-corrected chi connectivity index (χ2v) is 5.07. The summed E-state index contributed by atoms with van der Waals surface area (Å²) in [6.07, 6.45) is 1.96. The Hall–Kier alpha value is -1.13. The second kappa shape index (κ2) is 5.67. The van der Waals surface area contributed by atoms with Crippen molar-refractivity contribution in [2.45, 2.75) is 31.9 Å². The Bertz CT molecular complexity index is 401. The first-order chi connectivity index (χ1) is 8.58. The summed E-state index contributed by atoms with van der Waals surface area (Å²) in [4.78, 5) is 2.26. The number of benzene rings is 1. The second-order valence-electron chi connectivity index (χ2n) is 5.07. The zero-order valence-corrected chi connectivity index (χ0v) is 11.0. The molecule has 1 fully saturated rings. The lowest BCUT2D eigenvalue weighted by Gasteiger charge is -2.30. The number of piperidine rings is 1. The summed E-state index contributed by atoms with van der Waals surface area (Å²) in [6, 6.07) is 4.71. The summed E-state index contributed by atoms with van der Waals surface area (Å²) in [6.45, 7) is 3.83. The number of hydrogen-bond acceptors (Lipinski definition) is 3. The molecule has 2 rings (SSSR count). The maximum atomic E-state index is 13.9. The molecule has 1 heterocycles. The Morgan fingerprint density at radius 1 is 1.39 bits per heavy atom. The maximum Gasteiger partial charge on any atom is 0.165 e. The number of ether oxygens (including phenoxy) is 1. The van der Waals surface area contributed by atoms with Crippen molar-refractivity contribution in [2.24, 2.45) is 5.73 Å². The number of nitrogens with two attached hydrogens (primary N) is 1. The van der Waals surface area contributed by atoms with E-state index in [4.69, 9.17) is 10.5 Å². The summed E-state index contributed by atoms with van der Waals surface area (Å²) in [5.41, 5.74) is 6.60. The van der Waals surface area contributed by atoms with Gasteiger partial charge in [-0.1, -0.05) is 12.1 Å². The minimum absolute atomic E-state index is 0.0931. The number of para-hydroxylation sites is 1. The summed E-state index contributed by atoms with van der Waals surface area (Å²) < 4.78 is 19.7. The van der Waals surface area contributed by atoms with Gasteiger partial charge in [0, 0.05) is 24.7 Å². The van der Waals surface area contributed by atoms with Crippen molar-refractivity contribution in [1.82, 2.24) is 4.90 Å². The topological polar surface area (TPSA) is 38.5 Å². The average Bonchev–Trinajstić information content (AvgIpc) is 2.34. The molecule has 0 amide bonds. The van der Waals surface area contributed by atoms with Gasteiger partial charge in [0.15, 0.2) is 11.6 Å². The molecular weight excluding hydrogens is 231 g/mol. The van der Waals surface area contributed by atoms with E-state index in [1.165, 1.54) is 6.07 Å². The molecular formula is C14H21FN2O. The molecule has 1 atom stereocenters. The molecule has 3 nitrogen and oxygen atoms in total. The van der Waals surface area contributed by atoms with Gasteiger partial charge in [0.2, 0.25) is 0 Å². The van der Waals surface area contributed by atoms with Crippen molar-refractivity contribution in [3.05, 3.63) is 29.6 Å². The summed E-state index contributed by atoms with van der Waals surface area (Å²) in [5, 5.41) is 0. The fourth-order valence-corrected chi connectivity index (χ4v) is 2.28. The Morgan fingerprint density at radius 3 is 2.67 bits per heavy atom. The zero-order chi connectivity index (χ0) is 13.1. The minimum atomic E-state index is -0.316. The predicted molar refractivity (Wildman–Crippen MR) is 70.1 cm³/mol. The first-order valence-electron chi connectivity index (χ1n) is 6.47. The predicted octanol–water partition coefficient (Wildman–Crippen LogP) is 2.32. The van der Waals surface area contributed by atoms with Crippen LogP contribution in [-0.4, -0.2) is 31.1 Å². The van der Waals surface area contributed by atoms with Gasteiger partial charge in [0.1, 0.15) is 6.10 Å². The average molecular weight is 252 g/mol. The van der Waals surface area contributed by atoms with Gasteiger partial charge in [0.05, 0.1) is 0 Å². The Morgan fingerprint density at radius 2 is 2.06 bits per heavy atom. The van der Waals surface area contributed by atoms with Crippen LogP contribution in [0, 0.1) is 5.82 Å². The van der Waals surface area contributed by atoms with Crippen molar-refractivity contribution >= 4 is 0 Å². The molecule has 0 spiro atoms. The molecule has 1 aromatic carbocycles. The molecule has 18 heavy (non-hydrogen) atoms. The molecule has 0 radical (unpaired) electrons. The molecule has 1 aliphatic rings. The molecule has 4 heteroatoms. The first-order valence-corrected chi connectivity index (χ1v) is 6.47. The van der Waals surface area contributed by atoms with Gasteiger partial charge >= 0.3 is 0 Å². The van der Waals surface area contributed by atoms with Crippen molar-refractivity contribution < 1.29 is 9.13 Å². The van der Waals surface area contributed by atoms with Crippen LogP contribution in [0.2, 0.25) is 0 Å². The van der Waals surface area contributed by atoms with E-state index in [0.29, 0.717) is 5.75 Å². The van der Waals surface area contributed by atoms with Crippen LogP contribution in [0.25, 0.3) is 0 Å². The van der Waals surface area contributed by atoms with E-state index in [-0.39, 0.29) is 18.0 Å². The van der Waals surface area contributed by atoms with E-state index in [0.717, 1.165) is 31.5 Å². The highest BCUT2D eigenvalue weighted by Gasteiger charge is 2.21. The maximum absolute atomic E-state index is 13.9. The zero-order valence-electron chi connectivity index (χ0n) is 11.0. The number of nitrogens with zero attached hydrogens (tertiary/aromatic N) is 1. The minimum Gasteiger partial charge on any atom is -0.487 e. The quantitative estimate of drug-likeness (QED) is 0.897. The molecule has 100 valence electrons. The summed E-state index contributed by atoms with van der Waals surface area (Å²) in [7, 11) is 2.09. The lowest BCUT2D eigenvalue weighted by molar-refractivity contribution is 0.109. The fourth-order valence-electron chi connectivity index (χ4n) is 2.28. The molecule has 0 unspecified atom stereocenters. The molecule has 1 saturated heterocycles. The summed E-state index contributed by atoms with van der Waals surface area (Å²) in [5.74, 6) is 0.0192. The van der Waals surface area contributed by atoms with E-state index >= 15 is 0 Å². The van der Waals surface area contributed by atoms with Crippen LogP contribution < -0.4 is 10.5 Å². The van der Waals surface area contributed by atoms with Crippen molar-refractivity contribution in [1.29, 1.82) is 0 Å². The SMILES string of the molecule is C[C@H](N)c1cccc(F)c1OC1CCN(C)CC1. The van der Waals surface area contributed by atoms with Gasteiger partial charge in [-0.25, -0.2) is 4.39 Å². The number of hydrogen-bond donors (Lipinski definition) is 1. The van der Waals surface area contributed by atoms with Crippen LogP contribution in [0.15, 0.2) is 18.2 Å².